The standard InChI is InChI=1S/C11H20O/c1-3-4-5-6-7-8-11(2)9-10-12/h9,11H,3-8H2,1-2H3. The second-order valence-electron chi connectivity index (χ2n) is 3.46. The van der Waals surface area contributed by atoms with Crippen molar-refractivity contribution in [2.24, 2.45) is 5.92 Å². The summed E-state index contributed by atoms with van der Waals surface area (Å²) in [6.07, 6.45) is 9.30. The summed E-state index contributed by atoms with van der Waals surface area (Å²) in [6.45, 7) is 4.29. The number of hydrogen-bond donors (Lipinski definition) is 0. The Morgan fingerprint density at radius 1 is 1.25 bits per heavy atom. The van der Waals surface area contributed by atoms with E-state index in [1.807, 2.05) is 5.94 Å². The summed E-state index contributed by atoms with van der Waals surface area (Å²) in [6, 6.07) is 0. The van der Waals surface area contributed by atoms with Gasteiger partial charge in [0.25, 0.3) is 0 Å². The largest absolute Gasteiger partial charge is 0.234 e. The fourth-order valence-electron chi connectivity index (χ4n) is 1.27. The number of carbonyl (C=O) groups excluding carboxylic acids is 1. The summed E-state index contributed by atoms with van der Waals surface area (Å²) in [5.74, 6) is 2.27. The second kappa shape index (κ2) is 8.55. The van der Waals surface area contributed by atoms with Crippen molar-refractivity contribution < 1.29 is 4.79 Å². The van der Waals surface area contributed by atoms with Gasteiger partial charge in [-0.3, -0.25) is 0 Å². The highest BCUT2D eigenvalue weighted by Gasteiger charge is 1.96. The smallest absolute Gasteiger partial charge is 0.120 e. The van der Waals surface area contributed by atoms with E-state index in [1.54, 1.807) is 6.08 Å². The van der Waals surface area contributed by atoms with Crippen LogP contribution < -0.4 is 0 Å². The SMILES string of the molecule is CCCCCCCC(C)C=C=O. The maximum atomic E-state index is 9.97. The van der Waals surface area contributed by atoms with E-state index >= 15 is 0 Å². The third-order valence-corrected chi connectivity index (χ3v) is 2.12. The van der Waals surface area contributed by atoms with Crippen LogP contribution in [0.25, 0.3) is 0 Å². The van der Waals surface area contributed by atoms with Crippen molar-refractivity contribution in [3.63, 3.8) is 0 Å². The molecule has 0 amide bonds. The molecule has 1 atom stereocenters. The second-order valence-corrected chi connectivity index (χ2v) is 3.46. The van der Waals surface area contributed by atoms with Crippen LogP contribution in [0.3, 0.4) is 0 Å². The monoisotopic (exact) mass is 168 g/mol. The summed E-state index contributed by atoms with van der Waals surface area (Å²) in [4.78, 5) is 9.97. The molecule has 0 aromatic carbocycles. The van der Waals surface area contributed by atoms with E-state index < -0.39 is 0 Å². The Balaban J connectivity index is 3.13. The molecule has 70 valence electrons. The van der Waals surface area contributed by atoms with Crippen molar-refractivity contribution >= 4 is 5.94 Å². The highest BCUT2D eigenvalue weighted by Crippen LogP contribution is 2.11. The minimum atomic E-state index is 0.420. The van der Waals surface area contributed by atoms with E-state index in [-0.39, 0.29) is 0 Å². The first-order valence-corrected chi connectivity index (χ1v) is 5.02. The molecular formula is C11H20O. The molecule has 0 aromatic heterocycles. The van der Waals surface area contributed by atoms with Crippen LogP contribution in [-0.4, -0.2) is 5.94 Å². The fraction of sp³-hybridized carbons (Fsp3) is 0.818. The van der Waals surface area contributed by atoms with Crippen molar-refractivity contribution in [1.29, 1.82) is 0 Å². The molecule has 0 radical (unpaired) electrons. The summed E-state index contributed by atoms with van der Waals surface area (Å²) < 4.78 is 0. The predicted octanol–water partition coefficient (Wildman–Crippen LogP) is 3.37. The molecular weight excluding hydrogens is 148 g/mol. The van der Waals surface area contributed by atoms with E-state index in [2.05, 4.69) is 13.8 Å². The van der Waals surface area contributed by atoms with Gasteiger partial charge in [-0.25, -0.2) is 4.79 Å². The van der Waals surface area contributed by atoms with Gasteiger partial charge in [-0.2, -0.15) is 0 Å². The molecule has 12 heavy (non-hydrogen) atoms. The third kappa shape index (κ3) is 7.56. The molecule has 0 aliphatic carbocycles. The van der Waals surface area contributed by atoms with E-state index in [0.29, 0.717) is 5.92 Å². The Bertz CT molecular complexity index is 134. The molecule has 0 fully saturated rings. The zero-order valence-corrected chi connectivity index (χ0v) is 8.31. The first-order valence-electron chi connectivity index (χ1n) is 5.02. The van der Waals surface area contributed by atoms with Crippen molar-refractivity contribution in [3.05, 3.63) is 6.08 Å². The molecule has 0 heterocycles. The number of allylic oxidation sites excluding steroid dienone is 1. The third-order valence-electron chi connectivity index (χ3n) is 2.12. The summed E-state index contributed by atoms with van der Waals surface area (Å²) in [5.41, 5.74) is 0. The van der Waals surface area contributed by atoms with E-state index in [4.69, 9.17) is 0 Å². The van der Waals surface area contributed by atoms with E-state index in [0.717, 1.165) is 6.42 Å². The summed E-state index contributed by atoms with van der Waals surface area (Å²) in [7, 11) is 0. The van der Waals surface area contributed by atoms with Crippen LogP contribution in [0.2, 0.25) is 0 Å². The Morgan fingerprint density at radius 2 is 1.92 bits per heavy atom. The summed E-state index contributed by atoms with van der Waals surface area (Å²) in [5, 5.41) is 0. The lowest BCUT2D eigenvalue weighted by Gasteiger charge is -2.03. The Hall–Kier alpha value is -0.550. The number of hydrogen-bond acceptors (Lipinski definition) is 1. The molecule has 0 bridgehead atoms. The van der Waals surface area contributed by atoms with Crippen LogP contribution in [-0.2, 0) is 4.79 Å². The first kappa shape index (κ1) is 11.4. The van der Waals surface area contributed by atoms with Crippen LogP contribution in [0, 0.1) is 5.92 Å². The number of unbranched alkanes of at least 4 members (excludes halogenated alkanes) is 4. The molecule has 0 N–H and O–H groups in total. The average Bonchev–Trinajstić information content (AvgIpc) is 2.05. The molecule has 0 aliphatic heterocycles. The van der Waals surface area contributed by atoms with Gasteiger partial charge in [0.1, 0.15) is 5.94 Å². The van der Waals surface area contributed by atoms with Gasteiger partial charge < -0.3 is 0 Å². The molecule has 0 saturated carbocycles. The van der Waals surface area contributed by atoms with Crippen LogP contribution in [0.5, 0.6) is 0 Å². The highest BCUT2D eigenvalue weighted by molar-refractivity contribution is 5.45. The van der Waals surface area contributed by atoms with Crippen LogP contribution in [0.1, 0.15) is 52.4 Å². The van der Waals surface area contributed by atoms with Gasteiger partial charge in [0.2, 0.25) is 0 Å². The quantitative estimate of drug-likeness (QED) is 0.421. The van der Waals surface area contributed by atoms with Gasteiger partial charge in [-0.1, -0.05) is 46.0 Å². The normalized spacial score (nSPS) is 12.2. The predicted molar refractivity (Wildman–Crippen MR) is 52.8 cm³/mol. The number of rotatable bonds is 7. The van der Waals surface area contributed by atoms with Gasteiger partial charge in [0.15, 0.2) is 0 Å². The highest BCUT2D eigenvalue weighted by atomic mass is 16.1. The zero-order chi connectivity index (χ0) is 9.23. The maximum absolute atomic E-state index is 9.97. The van der Waals surface area contributed by atoms with Gasteiger partial charge in [0.05, 0.1) is 0 Å². The van der Waals surface area contributed by atoms with Crippen LogP contribution in [0.4, 0.5) is 0 Å². The summed E-state index contributed by atoms with van der Waals surface area (Å²) >= 11 is 0. The molecule has 0 rings (SSSR count). The maximum Gasteiger partial charge on any atom is 0.120 e. The minimum absolute atomic E-state index is 0.420. The van der Waals surface area contributed by atoms with Gasteiger partial charge in [-0.05, 0) is 12.3 Å². The Kier molecular flexibility index (Phi) is 8.15. The van der Waals surface area contributed by atoms with Gasteiger partial charge in [-0.15, -0.1) is 0 Å². The average molecular weight is 168 g/mol. The molecule has 1 nitrogen and oxygen atoms in total. The molecule has 0 saturated heterocycles. The van der Waals surface area contributed by atoms with Gasteiger partial charge in [0, 0.05) is 6.08 Å². The molecule has 0 aromatic rings. The fourth-order valence-corrected chi connectivity index (χ4v) is 1.27. The topological polar surface area (TPSA) is 17.1 Å². The zero-order valence-electron chi connectivity index (χ0n) is 8.31. The first-order chi connectivity index (χ1) is 5.81. The van der Waals surface area contributed by atoms with Gasteiger partial charge >= 0.3 is 0 Å². The van der Waals surface area contributed by atoms with Crippen molar-refractivity contribution in [2.45, 2.75) is 52.4 Å². The molecule has 1 heteroatoms. The van der Waals surface area contributed by atoms with Crippen molar-refractivity contribution in [2.75, 3.05) is 0 Å². The lowest BCUT2D eigenvalue weighted by Crippen LogP contribution is -1.89. The van der Waals surface area contributed by atoms with Crippen LogP contribution in [0.15, 0.2) is 6.08 Å². The van der Waals surface area contributed by atoms with Crippen molar-refractivity contribution in [3.8, 4) is 0 Å². The molecule has 0 aliphatic rings. The Morgan fingerprint density at radius 3 is 2.50 bits per heavy atom. The lowest BCUT2D eigenvalue weighted by molar-refractivity contribution is 0.542. The molecule has 1 unspecified atom stereocenters. The lowest BCUT2D eigenvalue weighted by atomic mass is 10.0. The van der Waals surface area contributed by atoms with E-state index in [1.165, 1.54) is 32.1 Å². The Labute approximate surface area is 75.9 Å². The van der Waals surface area contributed by atoms with Crippen molar-refractivity contribution in [1.82, 2.24) is 0 Å². The minimum Gasteiger partial charge on any atom is -0.234 e. The van der Waals surface area contributed by atoms with E-state index in [9.17, 15) is 4.79 Å². The molecule has 0 spiro atoms. The van der Waals surface area contributed by atoms with Crippen LogP contribution >= 0.6 is 0 Å².